The number of para-hydroxylation sites is 1. The molecule has 6 nitrogen and oxygen atoms in total. The SMILES string of the molecule is O=C(C1CCCN(c2ccc(-c3cccs3)nn2)C1)N1CCN(c2ccccc2F)CC1. The molecule has 2 saturated heterocycles. The van der Waals surface area contributed by atoms with Gasteiger partial charge in [-0.05, 0) is 48.6 Å². The van der Waals surface area contributed by atoms with E-state index >= 15 is 0 Å². The van der Waals surface area contributed by atoms with Crippen LogP contribution in [0.5, 0.6) is 0 Å². The quantitative estimate of drug-likeness (QED) is 0.602. The third-order valence-corrected chi connectivity index (χ3v) is 7.20. The van der Waals surface area contributed by atoms with E-state index in [1.165, 1.54) is 6.07 Å². The summed E-state index contributed by atoms with van der Waals surface area (Å²) in [4.78, 5) is 20.5. The van der Waals surface area contributed by atoms with Crippen LogP contribution in [0.4, 0.5) is 15.9 Å². The topological polar surface area (TPSA) is 52.6 Å². The molecule has 2 aliphatic heterocycles. The van der Waals surface area contributed by atoms with E-state index in [-0.39, 0.29) is 17.6 Å². The van der Waals surface area contributed by atoms with Gasteiger partial charge in [0.25, 0.3) is 0 Å². The molecule has 4 heterocycles. The van der Waals surface area contributed by atoms with Crippen LogP contribution in [-0.4, -0.2) is 60.3 Å². The fraction of sp³-hybridized carbons (Fsp3) is 0.375. The Morgan fingerprint density at radius 1 is 0.938 bits per heavy atom. The molecule has 1 atom stereocenters. The van der Waals surface area contributed by atoms with Crippen molar-refractivity contribution in [2.45, 2.75) is 12.8 Å². The molecule has 0 aliphatic carbocycles. The first kappa shape index (κ1) is 20.9. The Hall–Kier alpha value is -3.00. The molecule has 166 valence electrons. The van der Waals surface area contributed by atoms with Crippen LogP contribution in [0, 0.1) is 11.7 Å². The molecule has 5 rings (SSSR count). The normalized spacial score (nSPS) is 19.3. The summed E-state index contributed by atoms with van der Waals surface area (Å²) < 4.78 is 14.1. The number of rotatable bonds is 4. The van der Waals surface area contributed by atoms with E-state index in [2.05, 4.69) is 15.1 Å². The van der Waals surface area contributed by atoms with E-state index in [4.69, 9.17) is 0 Å². The molecule has 0 spiro atoms. The average Bonchev–Trinajstić information content (AvgIpc) is 3.39. The number of halogens is 1. The molecule has 0 radical (unpaired) electrons. The van der Waals surface area contributed by atoms with Gasteiger partial charge in [-0.2, -0.15) is 0 Å². The van der Waals surface area contributed by atoms with Gasteiger partial charge in [0.2, 0.25) is 5.91 Å². The van der Waals surface area contributed by atoms with E-state index in [9.17, 15) is 9.18 Å². The standard InChI is InChI=1S/C24H26FN5OS/c25-19-6-1-2-7-21(19)28-12-14-29(15-13-28)24(31)18-5-3-11-30(17-18)23-10-9-20(26-27-23)22-8-4-16-32-22/h1-2,4,6-10,16,18H,3,5,11-15,17H2. The Morgan fingerprint density at radius 2 is 1.78 bits per heavy atom. The number of aromatic nitrogens is 2. The van der Waals surface area contributed by atoms with Crippen LogP contribution in [0.2, 0.25) is 0 Å². The van der Waals surface area contributed by atoms with E-state index < -0.39 is 0 Å². The molecular weight excluding hydrogens is 425 g/mol. The Morgan fingerprint density at radius 3 is 2.50 bits per heavy atom. The van der Waals surface area contributed by atoms with Crippen LogP contribution >= 0.6 is 11.3 Å². The highest BCUT2D eigenvalue weighted by Gasteiger charge is 2.32. The highest BCUT2D eigenvalue weighted by Crippen LogP contribution is 2.27. The number of amides is 1. The van der Waals surface area contributed by atoms with Crippen molar-refractivity contribution in [3.8, 4) is 10.6 Å². The second-order valence-corrected chi connectivity index (χ2v) is 9.25. The first-order chi connectivity index (χ1) is 15.7. The van der Waals surface area contributed by atoms with Crippen molar-refractivity contribution in [3.63, 3.8) is 0 Å². The maximum Gasteiger partial charge on any atom is 0.227 e. The van der Waals surface area contributed by atoms with Crippen molar-refractivity contribution in [1.82, 2.24) is 15.1 Å². The van der Waals surface area contributed by atoms with E-state index in [0.29, 0.717) is 38.4 Å². The first-order valence-corrected chi connectivity index (χ1v) is 12.0. The van der Waals surface area contributed by atoms with E-state index in [1.807, 2.05) is 45.5 Å². The van der Waals surface area contributed by atoms with Crippen molar-refractivity contribution in [1.29, 1.82) is 0 Å². The number of hydrogen-bond donors (Lipinski definition) is 0. The minimum absolute atomic E-state index is 0.0393. The summed E-state index contributed by atoms with van der Waals surface area (Å²) in [5.41, 5.74) is 1.49. The lowest BCUT2D eigenvalue weighted by molar-refractivity contribution is -0.136. The van der Waals surface area contributed by atoms with Crippen LogP contribution in [0.1, 0.15) is 12.8 Å². The summed E-state index contributed by atoms with van der Waals surface area (Å²) in [5.74, 6) is 0.780. The third kappa shape index (κ3) is 4.32. The van der Waals surface area contributed by atoms with Crippen LogP contribution in [0.3, 0.4) is 0 Å². The van der Waals surface area contributed by atoms with Gasteiger partial charge in [-0.15, -0.1) is 21.5 Å². The predicted molar refractivity (Wildman–Crippen MR) is 125 cm³/mol. The molecule has 3 aromatic rings. The van der Waals surface area contributed by atoms with Crippen LogP contribution in [0.25, 0.3) is 10.6 Å². The molecule has 0 N–H and O–H groups in total. The number of anilines is 2. The fourth-order valence-corrected chi connectivity index (χ4v) is 5.26. The third-order valence-electron chi connectivity index (χ3n) is 6.30. The van der Waals surface area contributed by atoms with Gasteiger partial charge in [-0.25, -0.2) is 4.39 Å². The van der Waals surface area contributed by atoms with Crippen molar-refractivity contribution in [2.24, 2.45) is 5.92 Å². The number of piperazine rings is 1. The Bertz CT molecular complexity index is 1050. The lowest BCUT2D eigenvalue weighted by Crippen LogP contribution is -2.52. The zero-order valence-corrected chi connectivity index (χ0v) is 18.7. The van der Waals surface area contributed by atoms with Gasteiger partial charge in [0.15, 0.2) is 5.82 Å². The molecule has 1 unspecified atom stereocenters. The maximum atomic E-state index is 14.1. The molecule has 0 bridgehead atoms. The zero-order chi connectivity index (χ0) is 21.9. The van der Waals surface area contributed by atoms with Crippen LogP contribution in [-0.2, 0) is 4.79 Å². The smallest absolute Gasteiger partial charge is 0.227 e. The molecule has 8 heteroatoms. The van der Waals surface area contributed by atoms with Crippen LogP contribution < -0.4 is 9.80 Å². The lowest BCUT2D eigenvalue weighted by Gasteiger charge is -2.40. The molecule has 0 saturated carbocycles. The largest absolute Gasteiger partial charge is 0.366 e. The molecule has 2 fully saturated rings. The number of hydrogen-bond acceptors (Lipinski definition) is 6. The fourth-order valence-electron chi connectivity index (χ4n) is 4.57. The molecule has 1 aromatic carbocycles. The minimum atomic E-state index is -0.207. The summed E-state index contributed by atoms with van der Waals surface area (Å²) in [6, 6.07) is 14.9. The Labute approximate surface area is 191 Å². The molecule has 32 heavy (non-hydrogen) atoms. The van der Waals surface area contributed by atoms with Gasteiger partial charge < -0.3 is 14.7 Å². The Balaban J connectivity index is 1.19. The number of carbonyl (C=O) groups is 1. The number of benzene rings is 1. The second-order valence-electron chi connectivity index (χ2n) is 8.30. The maximum absolute atomic E-state index is 14.1. The second kappa shape index (κ2) is 9.24. The van der Waals surface area contributed by atoms with Gasteiger partial charge in [-0.3, -0.25) is 4.79 Å². The Kier molecular flexibility index (Phi) is 6.03. The zero-order valence-electron chi connectivity index (χ0n) is 17.9. The molecule has 2 aliphatic rings. The van der Waals surface area contributed by atoms with Gasteiger partial charge >= 0.3 is 0 Å². The average molecular weight is 452 g/mol. The highest BCUT2D eigenvalue weighted by atomic mass is 32.1. The number of nitrogens with zero attached hydrogens (tertiary/aromatic N) is 5. The van der Waals surface area contributed by atoms with Crippen molar-refractivity contribution >= 4 is 28.7 Å². The number of thiophene rings is 1. The van der Waals surface area contributed by atoms with Crippen LogP contribution in [0.15, 0.2) is 53.9 Å². The van der Waals surface area contributed by atoms with Gasteiger partial charge in [0.05, 0.1) is 16.5 Å². The van der Waals surface area contributed by atoms with E-state index in [1.54, 1.807) is 23.5 Å². The van der Waals surface area contributed by atoms with Gasteiger partial charge in [-0.1, -0.05) is 18.2 Å². The summed E-state index contributed by atoms with van der Waals surface area (Å²) in [5, 5.41) is 10.8. The molecule has 1 amide bonds. The summed E-state index contributed by atoms with van der Waals surface area (Å²) in [7, 11) is 0. The van der Waals surface area contributed by atoms with Gasteiger partial charge in [0, 0.05) is 39.3 Å². The van der Waals surface area contributed by atoms with Crippen molar-refractivity contribution in [2.75, 3.05) is 49.1 Å². The number of carbonyl (C=O) groups excluding carboxylic acids is 1. The summed E-state index contributed by atoms with van der Waals surface area (Å²) in [6.45, 7) is 4.10. The number of piperidine rings is 1. The first-order valence-electron chi connectivity index (χ1n) is 11.1. The molecular formula is C24H26FN5OS. The lowest BCUT2D eigenvalue weighted by atomic mass is 9.96. The summed E-state index contributed by atoms with van der Waals surface area (Å²) in [6.07, 6.45) is 1.85. The monoisotopic (exact) mass is 451 g/mol. The van der Waals surface area contributed by atoms with E-state index in [0.717, 1.165) is 35.8 Å². The van der Waals surface area contributed by atoms with Crippen molar-refractivity contribution in [3.05, 3.63) is 59.7 Å². The van der Waals surface area contributed by atoms with Gasteiger partial charge in [0.1, 0.15) is 11.5 Å². The summed E-state index contributed by atoms with van der Waals surface area (Å²) >= 11 is 1.65. The minimum Gasteiger partial charge on any atom is -0.366 e. The highest BCUT2D eigenvalue weighted by molar-refractivity contribution is 7.13. The molecule has 2 aromatic heterocycles. The predicted octanol–water partition coefficient (Wildman–Crippen LogP) is 3.91. The van der Waals surface area contributed by atoms with Crippen molar-refractivity contribution < 1.29 is 9.18 Å².